The normalized spacial score (nSPS) is 25.1. The van der Waals surface area contributed by atoms with E-state index in [4.69, 9.17) is 14.7 Å². The van der Waals surface area contributed by atoms with Gasteiger partial charge < -0.3 is 25.2 Å². The van der Waals surface area contributed by atoms with E-state index in [0.717, 1.165) is 6.08 Å². The molecule has 0 spiro atoms. The first-order valence-corrected chi connectivity index (χ1v) is 11.3. The van der Waals surface area contributed by atoms with Crippen LogP contribution in [0.25, 0.3) is 6.08 Å². The maximum Gasteiger partial charge on any atom is 0.335 e. The molecule has 0 aromatic heterocycles. The van der Waals surface area contributed by atoms with E-state index in [1.807, 2.05) is 5.48 Å². The van der Waals surface area contributed by atoms with Crippen LogP contribution >= 0.6 is 0 Å². The minimum Gasteiger partial charge on any atom is -0.479 e. The highest BCUT2D eigenvalue weighted by molar-refractivity contribution is 7.92. The van der Waals surface area contributed by atoms with E-state index in [2.05, 4.69) is 4.72 Å². The SMILES string of the molecule is O=C(/C=C/c1cccc(S(=O)(=O)Nc2ccccc2)c1)NOC1OC(C(=O)O)C(O)C(O)C1O. The van der Waals surface area contributed by atoms with Crippen molar-refractivity contribution in [1.29, 1.82) is 0 Å². The van der Waals surface area contributed by atoms with Crippen molar-refractivity contribution in [3.05, 3.63) is 66.2 Å². The van der Waals surface area contributed by atoms with E-state index >= 15 is 0 Å². The van der Waals surface area contributed by atoms with Gasteiger partial charge >= 0.3 is 5.97 Å². The fourth-order valence-corrected chi connectivity index (χ4v) is 4.09. The fraction of sp³-hybridized carbons (Fsp3) is 0.238. The number of aliphatic hydroxyl groups excluding tert-OH is 3. The lowest BCUT2D eigenvalue weighted by Crippen LogP contribution is -2.61. The van der Waals surface area contributed by atoms with E-state index in [9.17, 15) is 33.3 Å². The number of carboxylic acids is 1. The number of rotatable bonds is 8. The molecule has 0 radical (unpaired) electrons. The number of para-hydroxylation sites is 1. The van der Waals surface area contributed by atoms with Gasteiger partial charge in [0, 0.05) is 11.8 Å². The monoisotopic (exact) mass is 494 g/mol. The topological polar surface area (TPSA) is 192 Å². The van der Waals surface area contributed by atoms with Crippen LogP contribution in [-0.4, -0.2) is 71.4 Å². The van der Waals surface area contributed by atoms with Crippen LogP contribution in [0.1, 0.15) is 5.56 Å². The molecule has 1 fully saturated rings. The molecule has 1 aliphatic heterocycles. The van der Waals surface area contributed by atoms with E-state index in [1.165, 1.54) is 24.3 Å². The van der Waals surface area contributed by atoms with Gasteiger partial charge in [0.15, 0.2) is 6.10 Å². The summed E-state index contributed by atoms with van der Waals surface area (Å²) in [5.41, 5.74) is 2.65. The second kappa shape index (κ2) is 10.7. The summed E-state index contributed by atoms with van der Waals surface area (Å²) in [6.45, 7) is 0. The number of aliphatic carboxylic acids is 1. The van der Waals surface area contributed by atoms with Gasteiger partial charge in [-0.3, -0.25) is 9.52 Å². The number of hydrogen-bond acceptors (Lipinski definition) is 9. The van der Waals surface area contributed by atoms with Gasteiger partial charge in [0.05, 0.1) is 4.90 Å². The second-order valence-corrected chi connectivity index (χ2v) is 8.88. The first-order chi connectivity index (χ1) is 16.1. The van der Waals surface area contributed by atoms with Crippen LogP contribution in [0.4, 0.5) is 5.69 Å². The average molecular weight is 494 g/mol. The zero-order chi connectivity index (χ0) is 24.9. The highest BCUT2D eigenvalue weighted by Crippen LogP contribution is 2.22. The zero-order valence-electron chi connectivity index (χ0n) is 17.4. The molecule has 0 bridgehead atoms. The highest BCUT2D eigenvalue weighted by atomic mass is 32.2. The molecule has 1 heterocycles. The summed E-state index contributed by atoms with van der Waals surface area (Å²) >= 11 is 0. The lowest BCUT2D eigenvalue weighted by Gasteiger charge is -2.37. The summed E-state index contributed by atoms with van der Waals surface area (Å²) in [6.07, 6.45) is -7.00. The van der Waals surface area contributed by atoms with E-state index in [0.29, 0.717) is 11.3 Å². The predicted molar refractivity (Wildman–Crippen MR) is 116 cm³/mol. The molecule has 13 heteroatoms. The van der Waals surface area contributed by atoms with Crippen molar-refractivity contribution in [2.24, 2.45) is 0 Å². The van der Waals surface area contributed by atoms with E-state index in [-0.39, 0.29) is 4.90 Å². The van der Waals surface area contributed by atoms with Crippen LogP contribution in [0, 0.1) is 0 Å². The minimum atomic E-state index is -3.87. The molecule has 2 aromatic rings. The molecule has 5 atom stereocenters. The van der Waals surface area contributed by atoms with Crippen molar-refractivity contribution in [2.75, 3.05) is 4.72 Å². The van der Waals surface area contributed by atoms with Crippen molar-refractivity contribution in [1.82, 2.24) is 5.48 Å². The summed E-state index contributed by atoms with van der Waals surface area (Å²) in [5, 5.41) is 38.2. The van der Waals surface area contributed by atoms with Gasteiger partial charge in [0.1, 0.15) is 18.3 Å². The van der Waals surface area contributed by atoms with E-state index < -0.39 is 52.6 Å². The summed E-state index contributed by atoms with van der Waals surface area (Å²) < 4.78 is 32.4. The molecule has 182 valence electrons. The van der Waals surface area contributed by atoms with Crippen LogP contribution < -0.4 is 10.2 Å². The van der Waals surface area contributed by atoms with Crippen molar-refractivity contribution in [2.45, 2.75) is 35.6 Å². The van der Waals surface area contributed by atoms with Crippen LogP contribution in [0.3, 0.4) is 0 Å². The van der Waals surface area contributed by atoms with Gasteiger partial charge in [-0.25, -0.2) is 23.5 Å². The highest BCUT2D eigenvalue weighted by Gasteiger charge is 2.47. The number of anilines is 1. The van der Waals surface area contributed by atoms with Crippen molar-refractivity contribution in [3.8, 4) is 0 Å². The van der Waals surface area contributed by atoms with Crippen molar-refractivity contribution in [3.63, 3.8) is 0 Å². The zero-order valence-corrected chi connectivity index (χ0v) is 18.2. The Bertz CT molecular complexity index is 1160. The van der Waals surface area contributed by atoms with Crippen LogP contribution in [0.5, 0.6) is 0 Å². The quantitative estimate of drug-likeness (QED) is 0.205. The summed E-state index contributed by atoms with van der Waals surface area (Å²) in [6, 6.07) is 14.0. The molecule has 1 saturated heterocycles. The molecule has 34 heavy (non-hydrogen) atoms. The lowest BCUT2D eigenvalue weighted by molar-refractivity contribution is -0.305. The predicted octanol–water partition coefficient (Wildman–Crippen LogP) is -0.559. The Balaban J connectivity index is 1.61. The number of carbonyl (C=O) groups excluding carboxylic acids is 1. The number of hydrogen-bond donors (Lipinski definition) is 6. The third-order valence-electron chi connectivity index (χ3n) is 4.71. The van der Waals surface area contributed by atoms with Crippen LogP contribution in [0.2, 0.25) is 0 Å². The van der Waals surface area contributed by atoms with Crippen LogP contribution in [-0.2, 0) is 29.2 Å². The van der Waals surface area contributed by atoms with Gasteiger partial charge in [-0.1, -0.05) is 30.3 Å². The molecule has 12 nitrogen and oxygen atoms in total. The number of aliphatic hydroxyl groups is 3. The molecular formula is C21H22N2O10S. The number of sulfonamides is 1. The average Bonchev–Trinajstić information content (AvgIpc) is 2.81. The Morgan fingerprint density at radius 1 is 0.971 bits per heavy atom. The van der Waals surface area contributed by atoms with Gasteiger partial charge in [-0.2, -0.15) is 0 Å². The first-order valence-electron chi connectivity index (χ1n) is 9.82. The number of hydroxylamine groups is 1. The standard InChI is InChI=1S/C21H22N2O10S/c24-15(22-33-21-18(27)16(25)17(26)19(32-21)20(28)29)10-9-12-5-4-8-14(11-12)34(30,31)23-13-6-2-1-3-7-13/h1-11,16-19,21,23,25-27H,(H,22,24)(H,28,29)/b10-9+. The number of benzene rings is 2. The molecule has 2 aromatic carbocycles. The Morgan fingerprint density at radius 3 is 2.35 bits per heavy atom. The Hall–Kier alpha value is -3.33. The molecule has 0 saturated carbocycles. The smallest absolute Gasteiger partial charge is 0.335 e. The molecule has 6 N–H and O–H groups in total. The molecule has 3 rings (SSSR count). The lowest BCUT2D eigenvalue weighted by atomic mass is 9.99. The number of amides is 1. The molecule has 1 amide bonds. The summed E-state index contributed by atoms with van der Waals surface area (Å²) in [4.78, 5) is 27.9. The third-order valence-corrected chi connectivity index (χ3v) is 6.09. The van der Waals surface area contributed by atoms with Crippen molar-refractivity contribution >= 4 is 33.7 Å². The maximum atomic E-state index is 12.6. The van der Waals surface area contributed by atoms with Gasteiger partial charge in [-0.05, 0) is 35.9 Å². The number of nitrogens with one attached hydrogen (secondary N) is 2. The number of carboxylic acid groups (broad SMARTS) is 1. The minimum absolute atomic E-state index is 0.0406. The largest absolute Gasteiger partial charge is 0.479 e. The van der Waals surface area contributed by atoms with Crippen LogP contribution in [0.15, 0.2) is 65.6 Å². The van der Waals surface area contributed by atoms with Gasteiger partial charge in [0.25, 0.3) is 15.9 Å². The second-order valence-electron chi connectivity index (χ2n) is 7.20. The maximum absolute atomic E-state index is 12.6. The summed E-state index contributed by atoms with van der Waals surface area (Å²) in [7, 11) is -3.87. The number of carbonyl (C=O) groups is 2. The van der Waals surface area contributed by atoms with Gasteiger partial charge in [-0.15, -0.1) is 0 Å². The molecule has 0 aliphatic carbocycles. The Morgan fingerprint density at radius 2 is 1.68 bits per heavy atom. The Kier molecular flexibility index (Phi) is 7.98. The molecule has 5 unspecified atom stereocenters. The van der Waals surface area contributed by atoms with E-state index in [1.54, 1.807) is 36.4 Å². The molecular weight excluding hydrogens is 472 g/mol. The fourth-order valence-electron chi connectivity index (χ4n) is 2.98. The summed E-state index contributed by atoms with van der Waals surface area (Å²) in [5.74, 6) is -2.46. The third kappa shape index (κ3) is 6.17. The Labute approximate surface area is 194 Å². The first kappa shape index (κ1) is 25.3. The van der Waals surface area contributed by atoms with Gasteiger partial charge in [0.2, 0.25) is 6.29 Å². The number of ether oxygens (including phenoxy) is 1. The molecule has 1 aliphatic rings. The van der Waals surface area contributed by atoms with Crippen molar-refractivity contribution < 1.29 is 48.0 Å².